The van der Waals surface area contributed by atoms with Crippen molar-refractivity contribution in [3.8, 4) is 0 Å². The van der Waals surface area contributed by atoms with Crippen LogP contribution in [0.4, 0.5) is 5.69 Å². The van der Waals surface area contributed by atoms with Gasteiger partial charge in [0, 0.05) is 11.7 Å². The van der Waals surface area contributed by atoms with Crippen molar-refractivity contribution in [2.24, 2.45) is 0 Å². The Morgan fingerprint density at radius 3 is 2.70 bits per heavy atom. The third kappa shape index (κ3) is 3.80. The molecule has 0 saturated heterocycles. The number of anilines is 1. The van der Waals surface area contributed by atoms with Crippen LogP contribution in [0.2, 0.25) is 0 Å². The molecule has 3 heteroatoms. The van der Waals surface area contributed by atoms with Gasteiger partial charge in [0.1, 0.15) is 0 Å². The first kappa shape index (κ1) is 15.8. The molecule has 3 rings (SSSR count). The fourth-order valence-electron chi connectivity index (χ4n) is 3.36. The number of fused-ring (bicyclic) bond motifs is 1. The summed E-state index contributed by atoms with van der Waals surface area (Å²) in [4.78, 5) is 14.5. The maximum absolute atomic E-state index is 12.3. The van der Waals surface area contributed by atoms with Crippen LogP contribution in [0.5, 0.6) is 0 Å². The van der Waals surface area contributed by atoms with Gasteiger partial charge in [-0.2, -0.15) is 0 Å². The summed E-state index contributed by atoms with van der Waals surface area (Å²) in [6, 6.07) is 16.9. The number of carbonyl (C=O) groups excluding carboxylic acids is 1. The fourth-order valence-corrected chi connectivity index (χ4v) is 3.36. The Morgan fingerprint density at radius 1 is 1.17 bits per heavy atom. The summed E-state index contributed by atoms with van der Waals surface area (Å²) in [5, 5.41) is 2.98. The highest BCUT2D eigenvalue weighted by Gasteiger charge is 2.24. The van der Waals surface area contributed by atoms with Crippen LogP contribution >= 0.6 is 0 Å². The molecule has 1 atom stereocenters. The quantitative estimate of drug-likeness (QED) is 0.928. The van der Waals surface area contributed by atoms with E-state index in [1.54, 1.807) is 0 Å². The smallest absolute Gasteiger partial charge is 0.238 e. The summed E-state index contributed by atoms with van der Waals surface area (Å²) in [6.07, 6.45) is 3.45. The lowest BCUT2D eigenvalue weighted by Gasteiger charge is -2.32. The van der Waals surface area contributed by atoms with E-state index in [-0.39, 0.29) is 5.91 Å². The Balaban J connectivity index is 1.64. The SMILES string of the molecule is Cc1ccc(NC(=O)CN(C)[C@@H]2CCCc3ccccc32)cc1. The summed E-state index contributed by atoms with van der Waals surface area (Å²) in [7, 11) is 2.04. The topological polar surface area (TPSA) is 32.3 Å². The van der Waals surface area contributed by atoms with E-state index in [1.807, 2.05) is 38.2 Å². The molecular formula is C20H24N2O. The largest absolute Gasteiger partial charge is 0.325 e. The van der Waals surface area contributed by atoms with Gasteiger partial charge in [-0.3, -0.25) is 9.69 Å². The van der Waals surface area contributed by atoms with Gasteiger partial charge in [-0.05, 0) is 56.5 Å². The van der Waals surface area contributed by atoms with Crippen molar-refractivity contribution in [2.75, 3.05) is 18.9 Å². The predicted molar refractivity (Wildman–Crippen MR) is 94.6 cm³/mol. The van der Waals surface area contributed by atoms with Gasteiger partial charge >= 0.3 is 0 Å². The summed E-state index contributed by atoms with van der Waals surface area (Å²) in [5.74, 6) is 0.0411. The molecular weight excluding hydrogens is 284 g/mol. The first-order valence-electron chi connectivity index (χ1n) is 8.28. The minimum atomic E-state index is 0.0411. The molecule has 0 fully saturated rings. The van der Waals surface area contributed by atoms with E-state index in [9.17, 15) is 4.79 Å². The number of hydrogen-bond acceptors (Lipinski definition) is 2. The molecule has 0 heterocycles. The van der Waals surface area contributed by atoms with E-state index >= 15 is 0 Å². The molecule has 0 radical (unpaired) electrons. The highest BCUT2D eigenvalue weighted by atomic mass is 16.2. The molecule has 120 valence electrons. The number of likely N-dealkylation sites (N-methyl/N-ethyl adjacent to an activating group) is 1. The lowest BCUT2D eigenvalue weighted by molar-refractivity contribution is -0.117. The van der Waals surface area contributed by atoms with Gasteiger partial charge in [0.05, 0.1) is 6.54 Å². The second-order valence-electron chi connectivity index (χ2n) is 6.44. The van der Waals surface area contributed by atoms with Gasteiger partial charge in [0.2, 0.25) is 5.91 Å². The number of amides is 1. The molecule has 0 aromatic heterocycles. The number of nitrogens with zero attached hydrogens (tertiary/aromatic N) is 1. The van der Waals surface area contributed by atoms with Gasteiger partial charge in [-0.1, -0.05) is 42.0 Å². The van der Waals surface area contributed by atoms with E-state index in [0.717, 1.165) is 18.5 Å². The average molecular weight is 308 g/mol. The standard InChI is InChI=1S/C20H24N2O/c1-15-10-12-17(13-11-15)21-20(23)14-22(2)19-9-5-7-16-6-3-4-8-18(16)19/h3-4,6,8,10-13,19H,5,7,9,14H2,1-2H3,(H,21,23)/t19-/m1/s1. The number of carbonyl (C=O) groups is 1. The van der Waals surface area contributed by atoms with E-state index < -0.39 is 0 Å². The predicted octanol–water partition coefficient (Wildman–Crippen LogP) is 3.94. The Bertz CT molecular complexity index is 678. The summed E-state index contributed by atoms with van der Waals surface area (Å²) >= 11 is 0. The van der Waals surface area contributed by atoms with E-state index in [1.165, 1.54) is 23.1 Å². The Morgan fingerprint density at radius 2 is 1.91 bits per heavy atom. The molecule has 1 aliphatic rings. The maximum atomic E-state index is 12.3. The summed E-state index contributed by atoms with van der Waals surface area (Å²) in [6.45, 7) is 2.45. The van der Waals surface area contributed by atoms with Crippen molar-refractivity contribution in [3.05, 3.63) is 65.2 Å². The number of nitrogens with one attached hydrogen (secondary N) is 1. The lowest BCUT2D eigenvalue weighted by Crippen LogP contribution is -2.34. The van der Waals surface area contributed by atoms with Gasteiger partial charge in [0.25, 0.3) is 0 Å². The second kappa shape index (κ2) is 6.97. The molecule has 0 saturated carbocycles. The van der Waals surface area contributed by atoms with Crippen molar-refractivity contribution in [2.45, 2.75) is 32.2 Å². The van der Waals surface area contributed by atoms with Crippen LogP contribution < -0.4 is 5.32 Å². The second-order valence-corrected chi connectivity index (χ2v) is 6.44. The van der Waals surface area contributed by atoms with Gasteiger partial charge in [-0.25, -0.2) is 0 Å². The first-order valence-corrected chi connectivity index (χ1v) is 8.28. The van der Waals surface area contributed by atoms with Crippen LogP contribution in [0.1, 0.15) is 35.6 Å². The zero-order valence-electron chi connectivity index (χ0n) is 13.9. The van der Waals surface area contributed by atoms with E-state index in [4.69, 9.17) is 0 Å². The molecule has 2 aromatic carbocycles. The highest BCUT2D eigenvalue weighted by molar-refractivity contribution is 5.92. The highest BCUT2D eigenvalue weighted by Crippen LogP contribution is 2.33. The normalized spacial score (nSPS) is 16.9. The molecule has 0 bridgehead atoms. The van der Waals surface area contributed by atoms with Crippen LogP contribution in [0.25, 0.3) is 0 Å². The molecule has 3 nitrogen and oxygen atoms in total. The van der Waals surface area contributed by atoms with Crippen molar-refractivity contribution in [1.82, 2.24) is 4.90 Å². The number of hydrogen-bond donors (Lipinski definition) is 1. The summed E-state index contributed by atoms with van der Waals surface area (Å²) in [5.41, 5.74) is 4.86. The minimum absolute atomic E-state index is 0.0411. The Labute approximate surface area is 138 Å². The molecule has 1 N–H and O–H groups in total. The van der Waals surface area contributed by atoms with Gasteiger partial charge < -0.3 is 5.32 Å². The van der Waals surface area contributed by atoms with Crippen molar-refractivity contribution in [1.29, 1.82) is 0 Å². The molecule has 1 aliphatic carbocycles. The molecule has 0 unspecified atom stereocenters. The van der Waals surface area contributed by atoms with Crippen LogP contribution in [-0.2, 0) is 11.2 Å². The van der Waals surface area contributed by atoms with E-state index in [2.05, 4.69) is 34.5 Å². The lowest BCUT2D eigenvalue weighted by atomic mass is 9.87. The van der Waals surface area contributed by atoms with Crippen LogP contribution in [0.3, 0.4) is 0 Å². The Kier molecular flexibility index (Phi) is 4.77. The monoisotopic (exact) mass is 308 g/mol. The van der Waals surface area contributed by atoms with Crippen LogP contribution in [-0.4, -0.2) is 24.4 Å². The van der Waals surface area contributed by atoms with Crippen molar-refractivity contribution in [3.63, 3.8) is 0 Å². The zero-order valence-corrected chi connectivity index (χ0v) is 13.9. The van der Waals surface area contributed by atoms with Crippen LogP contribution in [0.15, 0.2) is 48.5 Å². The maximum Gasteiger partial charge on any atom is 0.238 e. The molecule has 2 aromatic rings. The molecule has 0 aliphatic heterocycles. The van der Waals surface area contributed by atoms with Gasteiger partial charge in [-0.15, -0.1) is 0 Å². The minimum Gasteiger partial charge on any atom is -0.325 e. The molecule has 1 amide bonds. The summed E-state index contributed by atoms with van der Waals surface area (Å²) < 4.78 is 0. The average Bonchev–Trinajstić information content (AvgIpc) is 2.56. The Hall–Kier alpha value is -2.13. The number of rotatable bonds is 4. The van der Waals surface area contributed by atoms with Crippen molar-refractivity contribution >= 4 is 11.6 Å². The first-order chi connectivity index (χ1) is 11.1. The molecule has 23 heavy (non-hydrogen) atoms. The third-order valence-electron chi connectivity index (χ3n) is 4.60. The third-order valence-corrected chi connectivity index (χ3v) is 4.60. The number of benzene rings is 2. The molecule has 0 spiro atoms. The zero-order chi connectivity index (χ0) is 16.2. The number of aryl methyl sites for hydroxylation is 2. The van der Waals surface area contributed by atoms with Crippen molar-refractivity contribution < 1.29 is 4.79 Å². The van der Waals surface area contributed by atoms with E-state index in [0.29, 0.717) is 12.6 Å². The fraction of sp³-hybridized carbons (Fsp3) is 0.350. The van der Waals surface area contributed by atoms with Crippen LogP contribution in [0, 0.1) is 6.92 Å². The van der Waals surface area contributed by atoms with Gasteiger partial charge in [0.15, 0.2) is 0 Å².